The molecule has 0 aromatic carbocycles. The van der Waals surface area contributed by atoms with Crippen molar-refractivity contribution in [1.29, 1.82) is 0 Å². The van der Waals surface area contributed by atoms with E-state index in [1.807, 2.05) is 6.07 Å². The predicted molar refractivity (Wildman–Crippen MR) is 66.5 cm³/mol. The topological polar surface area (TPSA) is 25.2 Å². The summed E-state index contributed by atoms with van der Waals surface area (Å²) >= 11 is 0. The van der Waals surface area contributed by atoms with E-state index in [4.69, 9.17) is 4.42 Å². The van der Waals surface area contributed by atoms with Gasteiger partial charge in [-0.25, -0.2) is 0 Å². The summed E-state index contributed by atoms with van der Waals surface area (Å²) in [6.45, 7) is 3.44. The Labute approximate surface area is 98.4 Å². The third kappa shape index (κ3) is 2.88. The summed E-state index contributed by atoms with van der Waals surface area (Å²) < 4.78 is 5.51. The zero-order chi connectivity index (χ0) is 11.3. The first-order valence-electron chi connectivity index (χ1n) is 6.62. The highest BCUT2D eigenvalue weighted by Crippen LogP contribution is 2.28. The van der Waals surface area contributed by atoms with Gasteiger partial charge in [0.25, 0.3) is 0 Å². The van der Waals surface area contributed by atoms with Crippen LogP contribution in [0.5, 0.6) is 0 Å². The largest absolute Gasteiger partial charge is 0.469 e. The molecule has 1 fully saturated rings. The molecule has 2 heteroatoms. The van der Waals surface area contributed by atoms with Gasteiger partial charge in [0.1, 0.15) is 5.76 Å². The average molecular weight is 221 g/mol. The van der Waals surface area contributed by atoms with E-state index in [0.29, 0.717) is 5.54 Å². The molecule has 0 saturated carbocycles. The normalized spacial score (nSPS) is 26.6. The van der Waals surface area contributed by atoms with E-state index in [0.717, 1.165) is 12.2 Å². The van der Waals surface area contributed by atoms with Crippen LogP contribution in [0.15, 0.2) is 22.8 Å². The van der Waals surface area contributed by atoms with Crippen molar-refractivity contribution in [2.45, 2.75) is 57.4 Å². The molecule has 1 saturated heterocycles. The van der Waals surface area contributed by atoms with Gasteiger partial charge in [0.2, 0.25) is 0 Å². The minimum Gasteiger partial charge on any atom is -0.469 e. The second kappa shape index (κ2) is 5.53. The number of hydrogen-bond donors (Lipinski definition) is 1. The summed E-state index contributed by atoms with van der Waals surface area (Å²) in [5.74, 6) is 1.13. The lowest BCUT2D eigenvalue weighted by Crippen LogP contribution is -2.46. The first-order chi connectivity index (χ1) is 7.85. The summed E-state index contributed by atoms with van der Waals surface area (Å²) in [5, 5.41) is 3.77. The second-order valence-corrected chi connectivity index (χ2v) is 5.02. The molecule has 1 aromatic rings. The molecule has 16 heavy (non-hydrogen) atoms. The van der Waals surface area contributed by atoms with Crippen LogP contribution in [0.3, 0.4) is 0 Å². The first kappa shape index (κ1) is 11.7. The van der Waals surface area contributed by atoms with Crippen LogP contribution in [0.25, 0.3) is 0 Å². The fourth-order valence-corrected chi connectivity index (χ4v) is 2.89. The second-order valence-electron chi connectivity index (χ2n) is 5.02. The van der Waals surface area contributed by atoms with Gasteiger partial charge in [0.05, 0.1) is 6.26 Å². The smallest absolute Gasteiger partial charge is 0.105 e. The van der Waals surface area contributed by atoms with Gasteiger partial charge in [-0.05, 0) is 37.9 Å². The van der Waals surface area contributed by atoms with Crippen LogP contribution >= 0.6 is 0 Å². The van der Waals surface area contributed by atoms with Crippen molar-refractivity contribution in [3.63, 3.8) is 0 Å². The fraction of sp³-hybridized carbons (Fsp3) is 0.714. The van der Waals surface area contributed by atoms with E-state index in [9.17, 15) is 0 Å². The van der Waals surface area contributed by atoms with Gasteiger partial charge in [0, 0.05) is 12.0 Å². The number of rotatable bonds is 4. The molecule has 0 spiro atoms. The monoisotopic (exact) mass is 221 g/mol. The van der Waals surface area contributed by atoms with E-state index in [1.54, 1.807) is 6.26 Å². The Morgan fingerprint density at radius 2 is 2.31 bits per heavy atom. The van der Waals surface area contributed by atoms with Crippen LogP contribution in [0.2, 0.25) is 0 Å². The summed E-state index contributed by atoms with van der Waals surface area (Å²) in [7, 11) is 0. The number of furan rings is 1. The van der Waals surface area contributed by atoms with E-state index in [1.165, 1.54) is 45.1 Å². The zero-order valence-electron chi connectivity index (χ0n) is 10.3. The van der Waals surface area contributed by atoms with Crippen LogP contribution < -0.4 is 5.32 Å². The predicted octanol–water partition coefficient (Wildman–Crippen LogP) is 3.52. The maximum absolute atomic E-state index is 5.51. The van der Waals surface area contributed by atoms with E-state index >= 15 is 0 Å². The zero-order valence-corrected chi connectivity index (χ0v) is 10.3. The maximum Gasteiger partial charge on any atom is 0.105 e. The summed E-state index contributed by atoms with van der Waals surface area (Å²) in [6.07, 6.45) is 10.7. The van der Waals surface area contributed by atoms with Crippen molar-refractivity contribution < 1.29 is 4.42 Å². The van der Waals surface area contributed by atoms with E-state index in [2.05, 4.69) is 18.3 Å². The lowest BCUT2D eigenvalue weighted by molar-refractivity contribution is 0.270. The van der Waals surface area contributed by atoms with Crippen molar-refractivity contribution >= 4 is 0 Å². The van der Waals surface area contributed by atoms with Gasteiger partial charge in [-0.3, -0.25) is 0 Å². The molecule has 1 unspecified atom stereocenters. The fourth-order valence-electron chi connectivity index (χ4n) is 2.89. The maximum atomic E-state index is 5.51. The highest BCUT2D eigenvalue weighted by molar-refractivity contribution is 5.06. The molecule has 1 aromatic heterocycles. The Hall–Kier alpha value is -0.760. The quantitative estimate of drug-likeness (QED) is 0.841. The molecule has 2 nitrogen and oxygen atoms in total. The van der Waals surface area contributed by atoms with E-state index in [-0.39, 0.29) is 0 Å². The first-order valence-corrected chi connectivity index (χ1v) is 6.62. The van der Waals surface area contributed by atoms with Crippen molar-refractivity contribution in [3.05, 3.63) is 24.2 Å². The Morgan fingerprint density at radius 1 is 1.38 bits per heavy atom. The molecule has 0 radical (unpaired) electrons. The van der Waals surface area contributed by atoms with Crippen molar-refractivity contribution in [1.82, 2.24) is 5.32 Å². The Balaban J connectivity index is 2.06. The minimum absolute atomic E-state index is 0.295. The molecule has 1 aliphatic heterocycles. The summed E-state index contributed by atoms with van der Waals surface area (Å²) in [5.41, 5.74) is 0.295. The van der Waals surface area contributed by atoms with Gasteiger partial charge >= 0.3 is 0 Å². The van der Waals surface area contributed by atoms with Crippen molar-refractivity contribution in [2.75, 3.05) is 6.54 Å². The molecule has 1 aliphatic rings. The van der Waals surface area contributed by atoms with Gasteiger partial charge in [-0.2, -0.15) is 0 Å². The molecule has 1 atom stereocenters. The van der Waals surface area contributed by atoms with Gasteiger partial charge in [0.15, 0.2) is 0 Å². The van der Waals surface area contributed by atoms with Gasteiger partial charge in [-0.15, -0.1) is 0 Å². The van der Waals surface area contributed by atoms with Crippen LogP contribution in [-0.2, 0) is 6.42 Å². The highest BCUT2D eigenvalue weighted by atomic mass is 16.3. The van der Waals surface area contributed by atoms with E-state index < -0.39 is 0 Å². The standard InChI is InChI=1S/C14H23NO/c1-2-8-14(9-4-3-5-10-15-14)12-13-7-6-11-16-13/h6-7,11,15H,2-5,8-10,12H2,1H3. The minimum atomic E-state index is 0.295. The Morgan fingerprint density at radius 3 is 3.06 bits per heavy atom. The lowest BCUT2D eigenvalue weighted by Gasteiger charge is -2.33. The molecular formula is C14H23NO. The molecular weight excluding hydrogens is 198 g/mol. The van der Waals surface area contributed by atoms with Crippen molar-refractivity contribution in [2.24, 2.45) is 0 Å². The molecule has 1 N–H and O–H groups in total. The molecule has 0 aliphatic carbocycles. The molecule has 0 amide bonds. The van der Waals surface area contributed by atoms with Crippen LogP contribution in [-0.4, -0.2) is 12.1 Å². The van der Waals surface area contributed by atoms with Gasteiger partial charge < -0.3 is 9.73 Å². The SMILES string of the molecule is CCCC1(Cc2ccco2)CCCCCN1. The molecule has 90 valence electrons. The Bertz CT molecular complexity index is 284. The highest BCUT2D eigenvalue weighted by Gasteiger charge is 2.30. The lowest BCUT2D eigenvalue weighted by atomic mass is 9.84. The molecule has 2 heterocycles. The van der Waals surface area contributed by atoms with Crippen LogP contribution in [0, 0.1) is 0 Å². The third-order valence-corrected chi connectivity index (χ3v) is 3.65. The summed E-state index contributed by atoms with van der Waals surface area (Å²) in [4.78, 5) is 0. The van der Waals surface area contributed by atoms with Crippen LogP contribution in [0.1, 0.15) is 51.2 Å². The summed E-state index contributed by atoms with van der Waals surface area (Å²) in [6, 6.07) is 4.09. The van der Waals surface area contributed by atoms with Gasteiger partial charge in [-0.1, -0.05) is 26.2 Å². The Kier molecular flexibility index (Phi) is 4.05. The van der Waals surface area contributed by atoms with Crippen LogP contribution in [0.4, 0.5) is 0 Å². The van der Waals surface area contributed by atoms with Crippen molar-refractivity contribution in [3.8, 4) is 0 Å². The molecule has 0 bridgehead atoms. The molecule has 2 rings (SSSR count). The third-order valence-electron chi connectivity index (χ3n) is 3.65. The number of hydrogen-bond acceptors (Lipinski definition) is 2. The average Bonchev–Trinajstić information content (AvgIpc) is 2.66. The number of nitrogens with one attached hydrogen (secondary N) is 1.